The Kier molecular flexibility index (Phi) is 6.98. The van der Waals surface area contributed by atoms with Gasteiger partial charge in [-0.1, -0.05) is 13.3 Å². The first kappa shape index (κ1) is 20.5. The molecule has 1 amide bonds. The Morgan fingerprint density at radius 3 is 2.70 bits per heavy atom. The van der Waals surface area contributed by atoms with E-state index in [2.05, 4.69) is 5.32 Å². The topological polar surface area (TPSA) is 109 Å². The van der Waals surface area contributed by atoms with E-state index in [-0.39, 0.29) is 18.9 Å². The van der Waals surface area contributed by atoms with E-state index in [1.165, 1.54) is 6.07 Å². The zero-order chi connectivity index (χ0) is 20.0. The lowest BCUT2D eigenvalue weighted by molar-refractivity contribution is -0.305. The van der Waals surface area contributed by atoms with Crippen LogP contribution in [0.1, 0.15) is 44.2 Å². The minimum absolute atomic E-state index is 0.114. The highest BCUT2D eigenvalue weighted by Crippen LogP contribution is 2.31. The van der Waals surface area contributed by atoms with Gasteiger partial charge in [0.15, 0.2) is 6.10 Å². The van der Waals surface area contributed by atoms with Crippen molar-refractivity contribution in [3.05, 3.63) is 39.7 Å². The number of carboxylic acid groups (broad SMARTS) is 1. The first-order valence-electron chi connectivity index (χ1n) is 9.03. The number of rotatable bonds is 9. The maximum absolute atomic E-state index is 12.2. The number of amides is 1. The number of carboxylic acids is 1. The van der Waals surface area contributed by atoms with Gasteiger partial charge in [-0.05, 0) is 56.4 Å². The predicted molar refractivity (Wildman–Crippen MR) is 98.6 cm³/mol. The monoisotopic (exact) mass is 374 g/mol. The van der Waals surface area contributed by atoms with Crippen molar-refractivity contribution in [2.45, 2.75) is 52.6 Å². The molecule has 2 rings (SSSR count). The van der Waals surface area contributed by atoms with Crippen molar-refractivity contribution in [1.82, 2.24) is 5.32 Å². The second kappa shape index (κ2) is 9.21. The van der Waals surface area contributed by atoms with E-state index < -0.39 is 17.7 Å². The quantitative estimate of drug-likeness (QED) is 0.526. The fourth-order valence-corrected chi connectivity index (χ4v) is 2.86. The summed E-state index contributed by atoms with van der Waals surface area (Å²) < 4.78 is 11.2. The molecule has 0 aliphatic carbocycles. The molecule has 0 aliphatic rings. The van der Waals surface area contributed by atoms with Gasteiger partial charge in [-0.25, -0.2) is 4.79 Å². The summed E-state index contributed by atoms with van der Waals surface area (Å²) in [6.07, 6.45) is 0.919. The molecule has 7 heteroatoms. The van der Waals surface area contributed by atoms with E-state index in [4.69, 9.17) is 9.15 Å². The van der Waals surface area contributed by atoms with Crippen molar-refractivity contribution >= 4 is 22.8 Å². The molecule has 27 heavy (non-hydrogen) atoms. The minimum Gasteiger partial charge on any atom is -0.550 e. The minimum atomic E-state index is -1.15. The number of nitrogens with one attached hydrogen (secondary N) is 1. The molecule has 1 atom stereocenters. The fourth-order valence-electron chi connectivity index (χ4n) is 2.86. The average molecular weight is 374 g/mol. The number of hydrogen-bond acceptors (Lipinski definition) is 6. The fraction of sp³-hybridized carbons (Fsp3) is 0.450. The van der Waals surface area contributed by atoms with Crippen LogP contribution in [0, 0.1) is 6.92 Å². The summed E-state index contributed by atoms with van der Waals surface area (Å²) in [6.45, 7) is 5.70. The number of benzene rings is 1. The molecular formula is C20H24NO6-. The summed E-state index contributed by atoms with van der Waals surface area (Å²) in [5, 5.41) is 13.7. The van der Waals surface area contributed by atoms with Crippen LogP contribution in [-0.4, -0.2) is 24.5 Å². The first-order valence-corrected chi connectivity index (χ1v) is 9.03. The lowest BCUT2D eigenvalue weighted by Gasteiger charge is -2.18. The van der Waals surface area contributed by atoms with E-state index in [9.17, 15) is 19.5 Å². The molecule has 0 aliphatic heterocycles. The summed E-state index contributed by atoms with van der Waals surface area (Å²) in [5.74, 6) is -1.02. The van der Waals surface area contributed by atoms with Crippen molar-refractivity contribution < 1.29 is 23.8 Å². The van der Waals surface area contributed by atoms with Crippen molar-refractivity contribution in [3.8, 4) is 5.75 Å². The molecule has 0 saturated heterocycles. The van der Waals surface area contributed by atoms with E-state index in [1.54, 1.807) is 19.1 Å². The second-order valence-corrected chi connectivity index (χ2v) is 6.50. The lowest BCUT2D eigenvalue weighted by atomic mass is 10.0. The van der Waals surface area contributed by atoms with Crippen LogP contribution in [0.25, 0.3) is 11.0 Å². The molecule has 7 nitrogen and oxygen atoms in total. The van der Waals surface area contributed by atoms with Gasteiger partial charge in [0.2, 0.25) is 0 Å². The molecule has 0 fully saturated rings. The molecule has 0 spiro atoms. The predicted octanol–water partition coefficient (Wildman–Crippen LogP) is 1.47. The number of hydrogen-bond donors (Lipinski definition) is 1. The normalized spacial score (nSPS) is 12.0. The summed E-state index contributed by atoms with van der Waals surface area (Å²) in [6, 6.07) is 5.04. The average Bonchev–Trinajstić information content (AvgIpc) is 2.57. The molecule has 0 radical (unpaired) electrons. The van der Waals surface area contributed by atoms with Crippen molar-refractivity contribution in [2.24, 2.45) is 0 Å². The Morgan fingerprint density at radius 1 is 1.30 bits per heavy atom. The Hall–Kier alpha value is -2.83. The molecule has 0 bridgehead atoms. The lowest BCUT2D eigenvalue weighted by Crippen LogP contribution is -2.37. The Bertz CT molecular complexity index is 886. The summed E-state index contributed by atoms with van der Waals surface area (Å²) in [5.41, 5.74) is 1.68. The zero-order valence-corrected chi connectivity index (χ0v) is 15.8. The Morgan fingerprint density at radius 2 is 2.04 bits per heavy atom. The third kappa shape index (κ3) is 5.57. The van der Waals surface area contributed by atoms with Gasteiger partial charge in [0.25, 0.3) is 5.91 Å². The maximum atomic E-state index is 12.2. The number of carbonyl (C=O) groups excluding carboxylic acids is 2. The molecule has 1 heterocycles. The molecule has 0 unspecified atom stereocenters. The standard InChI is InChI=1S/C20H25NO6/c1-4-6-14-11-18(24)27-16-10-12(2)9-15(19(14)16)26-13(3)20(25)21-8-5-7-17(22)23/h9-11,13H,4-8H2,1-3H3,(H,21,25)(H,22,23)/p-1/t13-/m1/s1. The molecule has 1 aromatic carbocycles. The molecule has 146 valence electrons. The van der Waals surface area contributed by atoms with E-state index in [0.717, 1.165) is 17.5 Å². The maximum Gasteiger partial charge on any atom is 0.336 e. The van der Waals surface area contributed by atoms with Crippen LogP contribution in [0.5, 0.6) is 5.75 Å². The van der Waals surface area contributed by atoms with Crippen LogP contribution in [-0.2, 0) is 16.0 Å². The molecule has 2 aromatic rings. The highest BCUT2D eigenvalue weighted by Gasteiger charge is 2.18. The number of aryl methyl sites for hydroxylation is 2. The molecule has 1 aromatic heterocycles. The molecular weight excluding hydrogens is 350 g/mol. The second-order valence-electron chi connectivity index (χ2n) is 6.50. The van der Waals surface area contributed by atoms with Gasteiger partial charge in [-0.3, -0.25) is 4.79 Å². The van der Waals surface area contributed by atoms with Crippen LogP contribution in [0.3, 0.4) is 0 Å². The van der Waals surface area contributed by atoms with Gasteiger partial charge in [-0.2, -0.15) is 0 Å². The summed E-state index contributed by atoms with van der Waals surface area (Å²) in [4.78, 5) is 34.4. The number of carbonyl (C=O) groups is 2. The van der Waals surface area contributed by atoms with Crippen LogP contribution < -0.4 is 20.8 Å². The van der Waals surface area contributed by atoms with Gasteiger partial charge in [0.1, 0.15) is 11.3 Å². The molecule has 0 saturated carbocycles. The number of ether oxygens (including phenoxy) is 1. The van der Waals surface area contributed by atoms with Gasteiger partial charge in [-0.15, -0.1) is 0 Å². The van der Waals surface area contributed by atoms with Crippen LogP contribution in [0.4, 0.5) is 0 Å². The highest BCUT2D eigenvalue weighted by atomic mass is 16.5. The third-order valence-corrected chi connectivity index (χ3v) is 4.08. The van der Waals surface area contributed by atoms with Gasteiger partial charge in [0.05, 0.1) is 5.39 Å². The van der Waals surface area contributed by atoms with E-state index >= 15 is 0 Å². The first-order chi connectivity index (χ1) is 12.8. The number of aliphatic carboxylic acids is 1. The summed E-state index contributed by atoms with van der Waals surface area (Å²) in [7, 11) is 0. The van der Waals surface area contributed by atoms with Crippen LogP contribution >= 0.6 is 0 Å². The van der Waals surface area contributed by atoms with Crippen molar-refractivity contribution in [1.29, 1.82) is 0 Å². The van der Waals surface area contributed by atoms with Crippen LogP contribution in [0.15, 0.2) is 27.4 Å². The van der Waals surface area contributed by atoms with Crippen molar-refractivity contribution in [3.63, 3.8) is 0 Å². The third-order valence-electron chi connectivity index (χ3n) is 4.08. The summed E-state index contributed by atoms with van der Waals surface area (Å²) >= 11 is 0. The van der Waals surface area contributed by atoms with E-state index in [1.807, 2.05) is 13.8 Å². The SMILES string of the molecule is CCCc1cc(=O)oc2cc(C)cc(O[C@H](C)C(=O)NCCCC(=O)[O-])c12. The van der Waals surface area contributed by atoms with Crippen LogP contribution in [0.2, 0.25) is 0 Å². The zero-order valence-electron chi connectivity index (χ0n) is 15.8. The molecule has 1 N–H and O–H groups in total. The van der Waals surface area contributed by atoms with Gasteiger partial charge in [0, 0.05) is 18.6 Å². The van der Waals surface area contributed by atoms with Gasteiger partial charge >= 0.3 is 5.63 Å². The smallest absolute Gasteiger partial charge is 0.336 e. The largest absolute Gasteiger partial charge is 0.550 e. The Balaban J connectivity index is 2.23. The number of fused-ring (bicyclic) bond motifs is 1. The van der Waals surface area contributed by atoms with E-state index in [0.29, 0.717) is 29.6 Å². The highest BCUT2D eigenvalue weighted by molar-refractivity contribution is 5.88. The van der Waals surface area contributed by atoms with Gasteiger partial charge < -0.3 is 24.4 Å². The Labute approximate surface area is 157 Å². The van der Waals surface area contributed by atoms with Crippen molar-refractivity contribution in [2.75, 3.05) is 6.54 Å².